The molecule has 0 saturated carbocycles. The Morgan fingerprint density at radius 3 is 2.30 bits per heavy atom. The highest BCUT2D eigenvalue weighted by Crippen LogP contribution is 2.28. The Labute approximate surface area is 167 Å². The second kappa shape index (κ2) is 8.29. The highest BCUT2D eigenvalue weighted by atomic mass is 79.9. The molecule has 27 heavy (non-hydrogen) atoms. The van der Waals surface area contributed by atoms with Gasteiger partial charge in [0.2, 0.25) is 5.91 Å². The van der Waals surface area contributed by atoms with Gasteiger partial charge in [0.1, 0.15) is 6.04 Å². The van der Waals surface area contributed by atoms with Crippen LogP contribution in [0.15, 0.2) is 28.7 Å². The molecule has 3 aliphatic heterocycles. The molecule has 3 aliphatic rings. The molecule has 7 heteroatoms. The summed E-state index contributed by atoms with van der Waals surface area (Å²) in [6.45, 7) is 3.40. The molecule has 1 aromatic rings. The van der Waals surface area contributed by atoms with Crippen LogP contribution in [0.4, 0.5) is 0 Å². The van der Waals surface area contributed by atoms with Crippen molar-refractivity contribution >= 4 is 27.7 Å². The van der Waals surface area contributed by atoms with Crippen LogP contribution in [0.3, 0.4) is 0 Å². The van der Waals surface area contributed by atoms with E-state index in [0.29, 0.717) is 44.3 Å². The van der Waals surface area contributed by atoms with Crippen LogP contribution in [0, 0.1) is 5.92 Å². The molecular formula is C20H25BrN2O4. The Morgan fingerprint density at radius 2 is 1.63 bits per heavy atom. The number of hydrogen-bond acceptors (Lipinski definition) is 4. The molecule has 1 unspecified atom stereocenters. The second-order valence-electron chi connectivity index (χ2n) is 7.44. The minimum Gasteiger partial charge on any atom is -0.350 e. The Balaban J connectivity index is 1.37. The van der Waals surface area contributed by atoms with Crippen molar-refractivity contribution in [2.24, 2.45) is 5.92 Å². The van der Waals surface area contributed by atoms with Crippen LogP contribution in [0.1, 0.15) is 36.0 Å². The molecule has 0 N–H and O–H groups in total. The van der Waals surface area contributed by atoms with E-state index >= 15 is 0 Å². The lowest BCUT2D eigenvalue weighted by Crippen LogP contribution is -2.50. The summed E-state index contributed by atoms with van der Waals surface area (Å²) in [5, 5.41) is 0. The second-order valence-corrected chi connectivity index (χ2v) is 8.35. The first-order chi connectivity index (χ1) is 13.1. The van der Waals surface area contributed by atoms with Crippen LogP contribution in [-0.4, -0.2) is 66.8 Å². The third kappa shape index (κ3) is 4.05. The Kier molecular flexibility index (Phi) is 5.80. The number of piperidine rings is 1. The van der Waals surface area contributed by atoms with Crippen molar-refractivity contribution in [1.82, 2.24) is 9.80 Å². The van der Waals surface area contributed by atoms with Gasteiger partial charge < -0.3 is 19.3 Å². The number of carbonyl (C=O) groups excluding carboxylic acids is 2. The fourth-order valence-corrected chi connectivity index (χ4v) is 4.54. The fraction of sp³-hybridized carbons (Fsp3) is 0.600. The van der Waals surface area contributed by atoms with Crippen LogP contribution in [0.5, 0.6) is 0 Å². The van der Waals surface area contributed by atoms with E-state index in [2.05, 4.69) is 15.9 Å². The minimum atomic E-state index is -0.336. The first-order valence-electron chi connectivity index (χ1n) is 9.72. The third-order valence-electron chi connectivity index (χ3n) is 5.77. The zero-order chi connectivity index (χ0) is 18.8. The zero-order valence-electron chi connectivity index (χ0n) is 15.3. The van der Waals surface area contributed by atoms with Crippen molar-refractivity contribution in [2.45, 2.75) is 38.0 Å². The summed E-state index contributed by atoms with van der Waals surface area (Å²) in [7, 11) is 0. The van der Waals surface area contributed by atoms with Gasteiger partial charge in [-0.25, -0.2) is 0 Å². The third-order valence-corrected chi connectivity index (χ3v) is 6.30. The molecule has 0 aliphatic carbocycles. The molecule has 0 aromatic heterocycles. The molecule has 4 rings (SSSR count). The standard InChI is InChI=1S/C20H25BrN2O4/c21-16-5-3-14(4-6-16)18(24)23-9-1-2-17(23)19(25)22-10-7-15(8-11-22)20-26-12-13-27-20/h3-6,15,17,20H,1-2,7-13H2. The molecule has 0 bridgehead atoms. The average molecular weight is 437 g/mol. The van der Waals surface area contributed by atoms with Crippen molar-refractivity contribution < 1.29 is 19.1 Å². The van der Waals surface area contributed by atoms with Gasteiger partial charge in [-0.1, -0.05) is 15.9 Å². The summed E-state index contributed by atoms with van der Waals surface area (Å²) in [5.74, 6) is 0.395. The lowest BCUT2D eigenvalue weighted by atomic mass is 9.95. The van der Waals surface area contributed by atoms with Gasteiger partial charge in [-0.15, -0.1) is 0 Å². The van der Waals surface area contributed by atoms with Crippen LogP contribution in [0.2, 0.25) is 0 Å². The highest BCUT2D eigenvalue weighted by molar-refractivity contribution is 9.10. The van der Waals surface area contributed by atoms with Crippen molar-refractivity contribution in [2.75, 3.05) is 32.8 Å². The van der Waals surface area contributed by atoms with Crippen LogP contribution < -0.4 is 0 Å². The van der Waals surface area contributed by atoms with Gasteiger partial charge in [-0.05, 0) is 49.9 Å². The summed E-state index contributed by atoms with van der Waals surface area (Å²) < 4.78 is 12.2. The Bertz CT molecular complexity index is 682. The number of halogens is 1. The van der Waals surface area contributed by atoms with Crippen LogP contribution in [0.25, 0.3) is 0 Å². The molecule has 3 saturated heterocycles. The van der Waals surface area contributed by atoms with Crippen molar-refractivity contribution in [3.8, 4) is 0 Å². The van der Waals surface area contributed by atoms with Gasteiger partial charge in [0.05, 0.1) is 13.2 Å². The van der Waals surface area contributed by atoms with Crippen molar-refractivity contribution in [3.05, 3.63) is 34.3 Å². The van der Waals surface area contributed by atoms with E-state index in [1.54, 1.807) is 17.0 Å². The van der Waals surface area contributed by atoms with Gasteiger partial charge in [0.15, 0.2) is 6.29 Å². The van der Waals surface area contributed by atoms with Gasteiger partial charge in [0, 0.05) is 35.6 Å². The van der Waals surface area contributed by atoms with Crippen molar-refractivity contribution in [3.63, 3.8) is 0 Å². The van der Waals surface area contributed by atoms with Gasteiger partial charge >= 0.3 is 0 Å². The molecule has 6 nitrogen and oxygen atoms in total. The summed E-state index contributed by atoms with van der Waals surface area (Å²) in [4.78, 5) is 29.7. The molecule has 3 heterocycles. The van der Waals surface area contributed by atoms with E-state index in [0.717, 1.165) is 30.2 Å². The number of benzene rings is 1. The molecule has 1 atom stereocenters. The predicted molar refractivity (Wildman–Crippen MR) is 103 cm³/mol. The number of likely N-dealkylation sites (tertiary alicyclic amines) is 2. The summed E-state index contributed by atoms with van der Waals surface area (Å²) in [6, 6.07) is 6.99. The number of hydrogen-bond donors (Lipinski definition) is 0. The smallest absolute Gasteiger partial charge is 0.254 e. The Morgan fingerprint density at radius 1 is 0.963 bits per heavy atom. The largest absolute Gasteiger partial charge is 0.350 e. The van der Waals surface area contributed by atoms with E-state index in [1.807, 2.05) is 17.0 Å². The minimum absolute atomic E-state index is 0.0546. The first kappa shape index (κ1) is 18.9. The maximum Gasteiger partial charge on any atom is 0.254 e. The number of ether oxygens (including phenoxy) is 2. The number of amides is 2. The van der Waals surface area contributed by atoms with Crippen LogP contribution in [-0.2, 0) is 14.3 Å². The Hall–Kier alpha value is -1.44. The molecule has 2 amide bonds. The van der Waals surface area contributed by atoms with E-state index < -0.39 is 0 Å². The maximum absolute atomic E-state index is 13.1. The van der Waals surface area contributed by atoms with Crippen LogP contribution >= 0.6 is 15.9 Å². The predicted octanol–water partition coefficient (Wildman–Crippen LogP) is 2.67. The summed E-state index contributed by atoms with van der Waals surface area (Å²) in [6.07, 6.45) is 3.30. The molecule has 3 fully saturated rings. The van der Waals surface area contributed by atoms with Gasteiger partial charge in [-0.2, -0.15) is 0 Å². The summed E-state index contributed by atoms with van der Waals surface area (Å²) >= 11 is 3.39. The molecule has 0 radical (unpaired) electrons. The van der Waals surface area contributed by atoms with E-state index in [1.165, 1.54) is 0 Å². The van der Waals surface area contributed by atoms with E-state index in [-0.39, 0.29) is 24.1 Å². The molecule has 146 valence electrons. The average Bonchev–Trinajstić information content (AvgIpc) is 3.40. The lowest BCUT2D eigenvalue weighted by Gasteiger charge is -2.36. The van der Waals surface area contributed by atoms with Crippen molar-refractivity contribution in [1.29, 1.82) is 0 Å². The topological polar surface area (TPSA) is 59.1 Å². The molecular weight excluding hydrogens is 412 g/mol. The van der Waals surface area contributed by atoms with E-state index in [4.69, 9.17) is 9.47 Å². The molecule has 1 aromatic carbocycles. The SMILES string of the molecule is O=C(C1CCCN1C(=O)c1ccc(Br)cc1)N1CCC(C2OCCO2)CC1. The normalized spacial score (nSPS) is 24.6. The van der Waals surface area contributed by atoms with E-state index in [9.17, 15) is 9.59 Å². The maximum atomic E-state index is 13.1. The monoisotopic (exact) mass is 436 g/mol. The van der Waals surface area contributed by atoms with Gasteiger partial charge in [0.25, 0.3) is 5.91 Å². The zero-order valence-corrected chi connectivity index (χ0v) is 16.9. The number of rotatable bonds is 3. The quantitative estimate of drug-likeness (QED) is 0.730. The first-order valence-corrected chi connectivity index (χ1v) is 10.5. The highest BCUT2D eigenvalue weighted by Gasteiger charge is 2.39. The number of nitrogens with zero attached hydrogens (tertiary/aromatic N) is 2. The summed E-state index contributed by atoms with van der Waals surface area (Å²) in [5.41, 5.74) is 0.632. The number of carbonyl (C=O) groups is 2. The molecule has 0 spiro atoms. The van der Waals surface area contributed by atoms with Gasteiger partial charge in [-0.3, -0.25) is 9.59 Å². The lowest BCUT2D eigenvalue weighted by molar-refractivity contribution is -0.140. The fourth-order valence-electron chi connectivity index (χ4n) is 4.28.